The predicted molar refractivity (Wildman–Crippen MR) is 63.8 cm³/mol. The number of methoxy groups -OCH3 is 1. The SMILES string of the molecule is CCOC(=O)c1nn(C(C)CCOC)cc1N. The maximum absolute atomic E-state index is 11.5. The number of anilines is 1. The van der Waals surface area contributed by atoms with Crippen LogP contribution in [0.3, 0.4) is 0 Å². The third-order valence-electron chi connectivity index (χ3n) is 2.42. The average molecular weight is 241 g/mol. The van der Waals surface area contributed by atoms with Crippen LogP contribution in [0.5, 0.6) is 0 Å². The summed E-state index contributed by atoms with van der Waals surface area (Å²) in [6.45, 7) is 4.67. The number of nitrogens with two attached hydrogens (primary N) is 1. The normalized spacial score (nSPS) is 12.4. The first-order chi connectivity index (χ1) is 8.10. The lowest BCUT2D eigenvalue weighted by atomic mass is 10.2. The lowest BCUT2D eigenvalue weighted by Crippen LogP contribution is -2.11. The number of carbonyl (C=O) groups excluding carboxylic acids is 1. The number of carbonyl (C=O) groups is 1. The van der Waals surface area contributed by atoms with Crippen LogP contribution in [-0.4, -0.2) is 36.1 Å². The molecule has 96 valence electrons. The Morgan fingerprint density at radius 1 is 1.65 bits per heavy atom. The van der Waals surface area contributed by atoms with Crippen LogP contribution in [0.4, 0.5) is 5.69 Å². The minimum Gasteiger partial charge on any atom is -0.461 e. The standard InChI is InChI=1S/C11H19N3O3/c1-4-17-11(15)10-9(12)7-14(13-10)8(2)5-6-16-3/h7-8H,4-6,12H2,1-3H3. The predicted octanol–water partition coefficient (Wildman–Crippen LogP) is 1.24. The lowest BCUT2D eigenvalue weighted by Gasteiger charge is -2.10. The van der Waals surface area contributed by atoms with Gasteiger partial charge in [0.05, 0.1) is 18.3 Å². The number of esters is 1. The number of nitrogen functional groups attached to an aromatic ring is 1. The highest BCUT2D eigenvalue weighted by molar-refractivity contribution is 5.92. The van der Waals surface area contributed by atoms with E-state index in [1.54, 1.807) is 24.9 Å². The quantitative estimate of drug-likeness (QED) is 0.758. The Kier molecular flexibility index (Phi) is 4.96. The molecule has 17 heavy (non-hydrogen) atoms. The minimum atomic E-state index is -0.484. The fraction of sp³-hybridized carbons (Fsp3) is 0.636. The molecule has 0 amide bonds. The molecule has 0 saturated carbocycles. The molecule has 1 aromatic heterocycles. The third-order valence-corrected chi connectivity index (χ3v) is 2.42. The van der Waals surface area contributed by atoms with Crippen molar-refractivity contribution >= 4 is 11.7 Å². The van der Waals surface area contributed by atoms with Gasteiger partial charge in [-0.25, -0.2) is 4.79 Å². The van der Waals surface area contributed by atoms with Gasteiger partial charge in [0.15, 0.2) is 5.69 Å². The van der Waals surface area contributed by atoms with Gasteiger partial charge in [-0.1, -0.05) is 0 Å². The van der Waals surface area contributed by atoms with Gasteiger partial charge >= 0.3 is 5.97 Å². The monoisotopic (exact) mass is 241 g/mol. The maximum Gasteiger partial charge on any atom is 0.361 e. The molecule has 1 heterocycles. The lowest BCUT2D eigenvalue weighted by molar-refractivity contribution is 0.0519. The Morgan fingerprint density at radius 2 is 2.35 bits per heavy atom. The second-order valence-electron chi connectivity index (χ2n) is 3.76. The Labute approximate surface area is 101 Å². The number of ether oxygens (including phenoxy) is 2. The number of rotatable bonds is 6. The van der Waals surface area contributed by atoms with Crippen LogP contribution in [0.25, 0.3) is 0 Å². The van der Waals surface area contributed by atoms with Crippen LogP contribution < -0.4 is 5.73 Å². The summed E-state index contributed by atoms with van der Waals surface area (Å²) >= 11 is 0. The van der Waals surface area contributed by atoms with Crippen LogP contribution in [0.2, 0.25) is 0 Å². The topological polar surface area (TPSA) is 79.4 Å². The van der Waals surface area contributed by atoms with E-state index in [9.17, 15) is 4.79 Å². The molecule has 0 aliphatic heterocycles. The van der Waals surface area contributed by atoms with Crippen LogP contribution in [0.15, 0.2) is 6.20 Å². The van der Waals surface area contributed by atoms with Gasteiger partial charge < -0.3 is 15.2 Å². The zero-order valence-corrected chi connectivity index (χ0v) is 10.5. The summed E-state index contributed by atoms with van der Waals surface area (Å²) in [5.74, 6) is -0.484. The summed E-state index contributed by atoms with van der Waals surface area (Å²) in [6, 6.07) is 0.125. The van der Waals surface area contributed by atoms with E-state index in [2.05, 4.69) is 5.10 Å². The van der Waals surface area contributed by atoms with Gasteiger partial charge in [-0.05, 0) is 20.3 Å². The van der Waals surface area contributed by atoms with Gasteiger partial charge in [0.1, 0.15) is 0 Å². The largest absolute Gasteiger partial charge is 0.461 e. The first kappa shape index (κ1) is 13.5. The Hall–Kier alpha value is -1.56. The Bertz CT molecular complexity index is 376. The zero-order chi connectivity index (χ0) is 12.8. The highest BCUT2D eigenvalue weighted by Crippen LogP contribution is 2.16. The van der Waals surface area contributed by atoms with Gasteiger partial charge in [-0.2, -0.15) is 5.10 Å². The zero-order valence-electron chi connectivity index (χ0n) is 10.5. The number of aromatic nitrogens is 2. The first-order valence-electron chi connectivity index (χ1n) is 5.60. The molecule has 0 aliphatic carbocycles. The first-order valence-corrected chi connectivity index (χ1v) is 5.60. The molecule has 6 heteroatoms. The number of hydrogen-bond donors (Lipinski definition) is 1. The van der Waals surface area contributed by atoms with E-state index in [4.69, 9.17) is 15.2 Å². The highest BCUT2D eigenvalue weighted by Gasteiger charge is 2.17. The fourth-order valence-electron chi connectivity index (χ4n) is 1.41. The van der Waals surface area contributed by atoms with Gasteiger partial charge in [0, 0.05) is 19.9 Å². The van der Waals surface area contributed by atoms with Crippen LogP contribution >= 0.6 is 0 Å². The average Bonchev–Trinajstić information content (AvgIpc) is 2.68. The van der Waals surface area contributed by atoms with Crippen LogP contribution in [0.1, 0.15) is 36.8 Å². The van der Waals surface area contributed by atoms with E-state index in [-0.39, 0.29) is 11.7 Å². The molecule has 0 aliphatic rings. The van der Waals surface area contributed by atoms with Crippen LogP contribution in [-0.2, 0) is 9.47 Å². The van der Waals surface area contributed by atoms with E-state index in [0.717, 1.165) is 6.42 Å². The summed E-state index contributed by atoms with van der Waals surface area (Å²) < 4.78 is 11.5. The van der Waals surface area contributed by atoms with Crippen molar-refractivity contribution in [1.29, 1.82) is 0 Å². The molecule has 0 bridgehead atoms. The highest BCUT2D eigenvalue weighted by atomic mass is 16.5. The Balaban J connectivity index is 2.76. The van der Waals surface area contributed by atoms with E-state index in [1.165, 1.54) is 0 Å². The molecule has 1 aromatic rings. The van der Waals surface area contributed by atoms with E-state index in [1.807, 2.05) is 6.92 Å². The van der Waals surface area contributed by atoms with Crippen molar-refractivity contribution in [1.82, 2.24) is 9.78 Å². The molecular weight excluding hydrogens is 222 g/mol. The van der Waals surface area contributed by atoms with Gasteiger partial charge in [-0.15, -0.1) is 0 Å². The van der Waals surface area contributed by atoms with E-state index < -0.39 is 5.97 Å². The molecule has 2 N–H and O–H groups in total. The van der Waals surface area contributed by atoms with Crippen molar-refractivity contribution in [2.24, 2.45) is 0 Å². The summed E-state index contributed by atoms with van der Waals surface area (Å²) in [5.41, 5.74) is 6.24. The summed E-state index contributed by atoms with van der Waals surface area (Å²) in [5, 5.41) is 4.14. The van der Waals surface area contributed by atoms with Gasteiger partial charge in [0.2, 0.25) is 0 Å². The second-order valence-corrected chi connectivity index (χ2v) is 3.76. The third kappa shape index (κ3) is 3.45. The van der Waals surface area contributed by atoms with Crippen molar-refractivity contribution in [2.75, 3.05) is 26.1 Å². The van der Waals surface area contributed by atoms with Crippen molar-refractivity contribution in [2.45, 2.75) is 26.3 Å². The molecule has 0 saturated heterocycles. The smallest absolute Gasteiger partial charge is 0.361 e. The van der Waals surface area contributed by atoms with Gasteiger partial charge in [-0.3, -0.25) is 4.68 Å². The maximum atomic E-state index is 11.5. The molecule has 1 rings (SSSR count). The van der Waals surface area contributed by atoms with E-state index >= 15 is 0 Å². The Morgan fingerprint density at radius 3 is 2.94 bits per heavy atom. The van der Waals surface area contributed by atoms with Crippen molar-refractivity contribution in [3.63, 3.8) is 0 Å². The molecule has 0 spiro atoms. The summed E-state index contributed by atoms with van der Waals surface area (Å²) in [7, 11) is 1.65. The molecular formula is C11H19N3O3. The molecule has 0 radical (unpaired) electrons. The molecule has 6 nitrogen and oxygen atoms in total. The molecule has 0 aromatic carbocycles. The van der Waals surface area contributed by atoms with Crippen molar-refractivity contribution in [3.05, 3.63) is 11.9 Å². The van der Waals surface area contributed by atoms with Crippen LogP contribution in [0, 0.1) is 0 Å². The number of nitrogens with zero attached hydrogens (tertiary/aromatic N) is 2. The van der Waals surface area contributed by atoms with Gasteiger partial charge in [0.25, 0.3) is 0 Å². The molecule has 0 fully saturated rings. The molecule has 1 unspecified atom stereocenters. The number of hydrogen-bond acceptors (Lipinski definition) is 5. The van der Waals surface area contributed by atoms with E-state index in [0.29, 0.717) is 18.9 Å². The van der Waals surface area contributed by atoms with Crippen molar-refractivity contribution < 1.29 is 14.3 Å². The fourth-order valence-corrected chi connectivity index (χ4v) is 1.41. The summed E-state index contributed by atoms with van der Waals surface area (Å²) in [6.07, 6.45) is 2.45. The minimum absolute atomic E-state index is 0.125. The van der Waals surface area contributed by atoms with Crippen molar-refractivity contribution in [3.8, 4) is 0 Å². The second kappa shape index (κ2) is 6.24. The summed E-state index contributed by atoms with van der Waals surface area (Å²) in [4.78, 5) is 11.5. The molecule has 1 atom stereocenters.